The minimum absolute atomic E-state index is 0.0312. The summed E-state index contributed by atoms with van der Waals surface area (Å²) in [5.41, 5.74) is 0. The summed E-state index contributed by atoms with van der Waals surface area (Å²) in [4.78, 5) is 23.9. The zero-order valence-corrected chi connectivity index (χ0v) is 12.4. The van der Waals surface area contributed by atoms with E-state index in [9.17, 15) is 9.59 Å². The van der Waals surface area contributed by atoms with Gasteiger partial charge >= 0.3 is 5.97 Å². The van der Waals surface area contributed by atoms with Crippen LogP contribution in [0.4, 0.5) is 0 Å². The van der Waals surface area contributed by atoms with Gasteiger partial charge in [0.25, 0.3) is 0 Å². The Morgan fingerprint density at radius 1 is 1.28 bits per heavy atom. The van der Waals surface area contributed by atoms with Gasteiger partial charge in [-0.15, -0.1) is 11.8 Å². The normalized spacial score (nSPS) is 12.8. The van der Waals surface area contributed by atoms with Crippen molar-refractivity contribution in [3.05, 3.63) is 0 Å². The summed E-state index contributed by atoms with van der Waals surface area (Å²) in [6.07, 6.45) is 1.02. The third-order valence-corrected chi connectivity index (χ3v) is 3.38. The molecule has 0 spiro atoms. The van der Waals surface area contributed by atoms with Crippen molar-refractivity contribution in [1.29, 1.82) is 0 Å². The fraction of sp³-hybridized carbons (Fsp3) is 0.833. The number of hydrogen-bond acceptors (Lipinski definition) is 4. The van der Waals surface area contributed by atoms with E-state index in [0.717, 1.165) is 18.2 Å². The van der Waals surface area contributed by atoms with E-state index in [4.69, 9.17) is 5.11 Å². The lowest BCUT2D eigenvalue weighted by Gasteiger charge is -2.26. The number of carboxylic acids is 1. The molecular weight excluding hydrogens is 252 g/mol. The standard InChI is InChI=1S/C12H24N2O3S/c1-9(2)5-10(14(3)4)6-13-11(15)7-18-8-12(16)17/h9-10H,5-8H2,1-4H3,(H,13,15)(H,16,17). The van der Waals surface area contributed by atoms with Gasteiger partial charge in [0.2, 0.25) is 5.91 Å². The number of carbonyl (C=O) groups excluding carboxylic acids is 1. The van der Waals surface area contributed by atoms with Gasteiger partial charge in [-0.25, -0.2) is 0 Å². The molecule has 1 atom stereocenters. The number of nitrogens with zero attached hydrogens (tertiary/aromatic N) is 1. The van der Waals surface area contributed by atoms with E-state index in [1.54, 1.807) is 0 Å². The predicted molar refractivity (Wildman–Crippen MR) is 74.9 cm³/mol. The maximum absolute atomic E-state index is 11.5. The van der Waals surface area contributed by atoms with E-state index < -0.39 is 5.97 Å². The van der Waals surface area contributed by atoms with Crippen LogP contribution in [-0.4, -0.2) is 60.1 Å². The Labute approximate surface area is 113 Å². The molecule has 0 fully saturated rings. The largest absolute Gasteiger partial charge is 0.481 e. The molecule has 0 saturated heterocycles. The average Bonchev–Trinajstić information content (AvgIpc) is 2.22. The maximum Gasteiger partial charge on any atom is 0.313 e. The fourth-order valence-electron chi connectivity index (χ4n) is 1.53. The fourth-order valence-corrected chi connectivity index (χ4v) is 2.10. The summed E-state index contributed by atoms with van der Waals surface area (Å²) in [5.74, 6) is -0.240. The molecule has 0 saturated carbocycles. The predicted octanol–water partition coefficient (Wildman–Crippen LogP) is 0.897. The number of aliphatic carboxylic acids is 1. The Morgan fingerprint density at radius 3 is 2.33 bits per heavy atom. The molecule has 0 aromatic rings. The maximum atomic E-state index is 11.5. The molecule has 0 heterocycles. The zero-order chi connectivity index (χ0) is 14.1. The molecular formula is C12H24N2O3S. The van der Waals surface area contributed by atoms with E-state index in [1.165, 1.54) is 0 Å². The lowest BCUT2D eigenvalue weighted by Crippen LogP contribution is -2.41. The molecule has 18 heavy (non-hydrogen) atoms. The Bertz CT molecular complexity index is 270. The van der Waals surface area contributed by atoms with Gasteiger partial charge in [-0.05, 0) is 26.4 Å². The summed E-state index contributed by atoms with van der Waals surface area (Å²) < 4.78 is 0. The van der Waals surface area contributed by atoms with Gasteiger partial charge < -0.3 is 15.3 Å². The lowest BCUT2D eigenvalue weighted by molar-refractivity contribution is -0.133. The molecule has 1 unspecified atom stereocenters. The van der Waals surface area contributed by atoms with Crippen LogP contribution in [0.15, 0.2) is 0 Å². The minimum atomic E-state index is -0.890. The highest BCUT2D eigenvalue weighted by Gasteiger charge is 2.14. The smallest absolute Gasteiger partial charge is 0.313 e. The van der Waals surface area contributed by atoms with Gasteiger partial charge in [0.05, 0.1) is 11.5 Å². The van der Waals surface area contributed by atoms with Crippen LogP contribution < -0.4 is 5.32 Å². The number of likely N-dealkylation sites (N-methyl/N-ethyl adjacent to an activating group) is 1. The van der Waals surface area contributed by atoms with E-state index in [2.05, 4.69) is 24.1 Å². The first-order valence-electron chi connectivity index (χ1n) is 6.05. The third-order valence-electron chi connectivity index (χ3n) is 2.47. The van der Waals surface area contributed by atoms with Crippen LogP contribution in [0, 0.1) is 5.92 Å². The summed E-state index contributed by atoms with van der Waals surface area (Å²) in [6, 6.07) is 0.318. The number of carbonyl (C=O) groups is 2. The molecule has 0 aromatic carbocycles. The highest BCUT2D eigenvalue weighted by molar-refractivity contribution is 8.00. The van der Waals surface area contributed by atoms with E-state index in [-0.39, 0.29) is 17.4 Å². The first-order valence-corrected chi connectivity index (χ1v) is 7.21. The molecule has 0 bridgehead atoms. The Morgan fingerprint density at radius 2 is 1.89 bits per heavy atom. The van der Waals surface area contributed by atoms with Crippen molar-refractivity contribution in [3.63, 3.8) is 0 Å². The van der Waals surface area contributed by atoms with Gasteiger partial charge in [-0.3, -0.25) is 9.59 Å². The second kappa shape index (κ2) is 9.22. The van der Waals surface area contributed by atoms with Crippen LogP contribution in [0.25, 0.3) is 0 Å². The topological polar surface area (TPSA) is 69.6 Å². The van der Waals surface area contributed by atoms with E-state index >= 15 is 0 Å². The Kier molecular flexibility index (Phi) is 8.83. The van der Waals surface area contributed by atoms with Gasteiger partial charge in [0, 0.05) is 12.6 Å². The number of amides is 1. The van der Waals surface area contributed by atoms with Gasteiger partial charge in [0.1, 0.15) is 0 Å². The van der Waals surface area contributed by atoms with Crippen LogP contribution in [0.2, 0.25) is 0 Å². The minimum Gasteiger partial charge on any atom is -0.481 e. The lowest BCUT2D eigenvalue weighted by atomic mass is 10.0. The van der Waals surface area contributed by atoms with Crippen LogP contribution in [0.3, 0.4) is 0 Å². The molecule has 0 aromatic heterocycles. The Balaban J connectivity index is 3.89. The molecule has 0 radical (unpaired) electrons. The molecule has 106 valence electrons. The van der Waals surface area contributed by atoms with Gasteiger partial charge in [0.15, 0.2) is 0 Å². The molecule has 0 aliphatic carbocycles. The summed E-state index contributed by atoms with van der Waals surface area (Å²) in [7, 11) is 4.00. The summed E-state index contributed by atoms with van der Waals surface area (Å²) in [6.45, 7) is 4.92. The van der Waals surface area contributed by atoms with Gasteiger partial charge in [-0.2, -0.15) is 0 Å². The van der Waals surface area contributed by atoms with Crippen molar-refractivity contribution in [2.75, 3.05) is 32.1 Å². The number of rotatable bonds is 9. The van der Waals surface area contributed by atoms with Crippen molar-refractivity contribution < 1.29 is 14.7 Å². The van der Waals surface area contributed by atoms with E-state index in [0.29, 0.717) is 18.5 Å². The first-order chi connectivity index (χ1) is 8.32. The molecule has 0 aliphatic heterocycles. The third kappa shape index (κ3) is 9.30. The number of nitrogens with one attached hydrogen (secondary N) is 1. The van der Waals surface area contributed by atoms with Crippen molar-refractivity contribution in [2.45, 2.75) is 26.3 Å². The van der Waals surface area contributed by atoms with Crippen molar-refractivity contribution in [2.24, 2.45) is 5.92 Å². The molecule has 2 N–H and O–H groups in total. The molecule has 0 aliphatic rings. The van der Waals surface area contributed by atoms with Crippen molar-refractivity contribution in [1.82, 2.24) is 10.2 Å². The molecule has 5 nitrogen and oxygen atoms in total. The molecule has 1 amide bonds. The van der Waals surface area contributed by atoms with Crippen LogP contribution in [0.5, 0.6) is 0 Å². The van der Waals surface area contributed by atoms with E-state index in [1.807, 2.05) is 14.1 Å². The second-order valence-electron chi connectivity index (χ2n) is 4.94. The number of thioether (sulfide) groups is 1. The van der Waals surface area contributed by atoms with Crippen molar-refractivity contribution in [3.8, 4) is 0 Å². The molecule has 0 rings (SSSR count). The Hall–Kier alpha value is -0.750. The number of carboxylic acid groups (broad SMARTS) is 1. The summed E-state index contributed by atoms with van der Waals surface area (Å²) >= 11 is 1.12. The van der Waals surface area contributed by atoms with Crippen molar-refractivity contribution >= 4 is 23.6 Å². The quantitative estimate of drug-likeness (QED) is 0.655. The second-order valence-corrected chi connectivity index (χ2v) is 5.92. The van der Waals surface area contributed by atoms with Crippen LogP contribution in [-0.2, 0) is 9.59 Å². The average molecular weight is 276 g/mol. The molecule has 6 heteroatoms. The van der Waals surface area contributed by atoms with Crippen LogP contribution in [0.1, 0.15) is 20.3 Å². The van der Waals surface area contributed by atoms with Crippen LogP contribution >= 0.6 is 11.8 Å². The zero-order valence-electron chi connectivity index (χ0n) is 11.6. The highest BCUT2D eigenvalue weighted by Crippen LogP contribution is 2.08. The SMILES string of the molecule is CC(C)CC(CNC(=O)CSCC(=O)O)N(C)C. The highest BCUT2D eigenvalue weighted by atomic mass is 32.2. The monoisotopic (exact) mass is 276 g/mol. The van der Waals surface area contributed by atoms with Gasteiger partial charge in [-0.1, -0.05) is 13.8 Å². The number of hydrogen-bond donors (Lipinski definition) is 2. The first kappa shape index (κ1) is 17.2. The summed E-state index contributed by atoms with van der Waals surface area (Å²) in [5, 5.41) is 11.3.